The van der Waals surface area contributed by atoms with E-state index in [0.717, 1.165) is 11.9 Å². The molecule has 3 aromatic heterocycles. The first-order valence-electron chi connectivity index (χ1n) is 8.36. The molecule has 1 fully saturated rings. The fraction of sp³-hybridized carbons (Fsp3) is 0.353. The molecule has 1 aliphatic heterocycles. The Balaban J connectivity index is 1.47. The van der Waals surface area contributed by atoms with E-state index in [4.69, 9.17) is 4.74 Å². The number of ether oxygens (including phenoxy) is 1. The minimum atomic E-state index is -4.45. The fourth-order valence-electron chi connectivity index (χ4n) is 3.05. The molecule has 7 nitrogen and oxygen atoms in total. The SMILES string of the molecule is COc1cnc(N2CCN(c3ccc4nc(C(F)(F)F)cn4c3)CC2)nc1. The Morgan fingerprint density at radius 2 is 1.63 bits per heavy atom. The third-order valence-corrected chi connectivity index (χ3v) is 4.50. The Morgan fingerprint density at radius 1 is 0.963 bits per heavy atom. The predicted octanol–water partition coefficient (Wildman–Crippen LogP) is 2.48. The Kier molecular flexibility index (Phi) is 4.25. The van der Waals surface area contributed by atoms with Crippen LogP contribution in [0.5, 0.6) is 5.75 Å². The van der Waals surface area contributed by atoms with Gasteiger partial charge in [0.25, 0.3) is 0 Å². The highest BCUT2D eigenvalue weighted by atomic mass is 19.4. The van der Waals surface area contributed by atoms with Crippen LogP contribution in [-0.2, 0) is 6.18 Å². The van der Waals surface area contributed by atoms with Crippen molar-refractivity contribution in [3.05, 3.63) is 42.6 Å². The average Bonchev–Trinajstić information content (AvgIpc) is 3.12. The van der Waals surface area contributed by atoms with Crippen molar-refractivity contribution in [3.8, 4) is 5.75 Å². The van der Waals surface area contributed by atoms with Crippen LogP contribution in [0.3, 0.4) is 0 Å². The molecule has 0 aliphatic carbocycles. The van der Waals surface area contributed by atoms with E-state index < -0.39 is 11.9 Å². The number of imidazole rings is 1. The number of rotatable bonds is 3. The molecule has 0 saturated carbocycles. The minimum absolute atomic E-state index is 0.274. The number of alkyl halides is 3. The van der Waals surface area contributed by atoms with Gasteiger partial charge in [-0.1, -0.05) is 0 Å². The maximum absolute atomic E-state index is 12.8. The molecule has 0 bridgehead atoms. The van der Waals surface area contributed by atoms with Crippen LogP contribution in [0.1, 0.15) is 5.69 Å². The topological polar surface area (TPSA) is 58.8 Å². The van der Waals surface area contributed by atoms with Gasteiger partial charge in [-0.15, -0.1) is 0 Å². The molecule has 142 valence electrons. The number of anilines is 2. The number of pyridine rings is 1. The molecular weight excluding hydrogens is 361 g/mol. The molecule has 4 heterocycles. The predicted molar refractivity (Wildman–Crippen MR) is 93.2 cm³/mol. The lowest BCUT2D eigenvalue weighted by Crippen LogP contribution is -2.47. The molecule has 0 aromatic carbocycles. The number of aromatic nitrogens is 4. The lowest BCUT2D eigenvalue weighted by atomic mass is 10.3. The number of halogens is 3. The lowest BCUT2D eigenvalue weighted by Gasteiger charge is -2.36. The van der Waals surface area contributed by atoms with E-state index in [2.05, 4.69) is 24.8 Å². The second kappa shape index (κ2) is 6.60. The van der Waals surface area contributed by atoms with Crippen molar-refractivity contribution < 1.29 is 17.9 Å². The van der Waals surface area contributed by atoms with E-state index in [1.807, 2.05) is 0 Å². The van der Waals surface area contributed by atoms with Crippen molar-refractivity contribution in [1.29, 1.82) is 0 Å². The van der Waals surface area contributed by atoms with Crippen molar-refractivity contribution in [3.63, 3.8) is 0 Å². The third kappa shape index (κ3) is 3.46. The van der Waals surface area contributed by atoms with Crippen LogP contribution in [0.15, 0.2) is 36.9 Å². The van der Waals surface area contributed by atoms with Crippen LogP contribution in [0.4, 0.5) is 24.8 Å². The summed E-state index contributed by atoms with van der Waals surface area (Å²) in [4.78, 5) is 16.4. The molecule has 1 saturated heterocycles. The van der Waals surface area contributed by atoms with Crippen LogP contribution >= 0.6 is 0 Å². The zero-order chi connectivity index (χ0) is 19.0. The Hall–Kier alpha value is -3.04. The van der Waals surface area contributed by atoms with Crippen molar-refractivity contribution in [2.75, 3.05) is 43.1 Å². The summed E-state index contributed by atoms with van der Waals surface area (Å²) in [6.07, 6.45) is 1.49. The van der Waals surface area contributed by atoms with Crippen LogP contribution in [0.2, 0.25) is 0 Å². The molecule has 0 radical (unpaired) electrons. The van der Waals surface area contributed by atoms with Gasteiger partial charge in [-0.05, 0) is 12.1 Å². The molecule has 0 unspecified atom stereocenters. The van der Waals surface area contributed by atoms with Gasteiger partial charge < -0.3 is 18.9 Å². The first-order valence-corrected chi connectivity index (χ1v) is 8.36. The number of methoxy groups -OCH3 is 1. The van der Waals surface area contributed by atoms with Gasteiger partial charge in [0, 0.05) is 38.6 Å². The van der Waals surface area contributed by atoms with E-state index in [0.29, 0.717) is 37.9 Å². The van der Waals surface area contributed by atoms with E-state index in [9.17, 15) is 13.2 Å². The highest BCUT2D eigenvalue weighted by molar-refractivity contribution is 5.53. The van der Waals surface area contributed by atoms with Crippen LogP contribution < -0.4 is 14.5 Å². The zero-order valence-corrected chi connectivity index (χ0v) is 14.5. The molecule has 1 aliphatic rings. The Morgan fingerprint density at radius 3 is 2.26 bits per heavy atom. The molecule has 4 rings (SSSR count). The van der Waals surface area contributed by atoms with Gasteiger partial charge >= 0.3 is 6.18 Å². The van der Waals surface area contributed by atoms with Crippen molar-refractivity contribution >= 4 is 17.3 Å². The molecule has 10 heteroatoms. The summed E-state index contributed by atoms with van der Waals surface area (Å²) in [6, 6.07) is 3.39. The summed E-state index contributed by atoms with van der Waals surface area (Å²) in [5.41, 5.74) is 0.237. The maximum Gasteiger partial charge on any atom is 0.434 e. The Bertz CT molecular complexity index is 932. The first kappa shape index (κ1) is 17.4. The summed E-state index contributed by atoms with van der Waals surface area (Å²) in [7, 11) is 1.56. The quantitative estimate of drug-likeness (QED) is 0.698. The molecule has 0 amide bonds. The summed E-state index contributed by atoms with van der Waals surface area (Å²) in [5.74, 6) is 1.24. The Labute approximate surface area is 153 Å². The van der Waals surface area contributed by atoms with Gasteiger partial charge in [0.15, 0.2) is 11.4 Å². The van der Waals surface area contributed by atoms with E-state index in [1.54, 1.807) is 37.8 Å². The van der Waals surface area contributed by atoms with Gasteiger partial charge in [0.2, 0.25) is 5.95 Å². The number of fused-ring (bicyclic) bond motifs is 1. The number of piperazine rings is 1. The molecule has 0 spiro atoms. The number of hydrogen-bond donors (Lipinski definition) is 0. The van der Waals surface area contributed by atoms with Gasteiger partial charge in [-0.25, -0.2) is 15.0 Å². The highest BCUT2D eigenvalue weighted by Gasteiger charge is 2.34. The summed E-state index contributed by atoms with van der Waals surface area (Å²) in [6.45, 7) is 2.84. The number of nitrogens with zero attached hydrogens (tertiary/aromatic N) is 6. The van der Waals surface area contributed by atoms with E-state index >= 15 is 0 Å². The molecule has 0 atom stereocenters. The normalized spacial score (nSPS) is 15.4. The summed E-state index contributed by atoms with van der Waals surface area (Å²) < 4.78 is 44.9. The van der Waals surface area contributed by atoms with Gasteiger partial charge in [-0.3, -0.25) is 0 Å². The maximum atomic E-state index is 12.8. The van der Waals surface area contributed by atoms with Gasteiger partial charge in [0.1, 0.15) is 5.65 Å². The molecule has 3 aromatic rings. The second-order valence-electron chi connectivity index (χ2n) is 6.17. The highest BCUT2D eigenvalue weighted by Crippen LogP contribution is 2.29. The monoisotopic (exact) mass is 378 g/mol. The zero-order valence-electron chi connectivity index (χ0n) is 14.5. The average molecular weight is 378 g/mol. The lowest BCUT2D eigenvalue weighted by molar-refractivity contribution is -0.140. The van der Waals surface area contributed by atoms with E-state index in [1.165, 1.54) is 4.40 Å². The van der Waals surface area contributed by atoms with Crippen LogP contribution in [0.25, 0.3) is 5.65 Å². The minimum Gasteiger partial charge on any atom is -0.494 e. The van der Waals surface area contributed by atoms with E-state index in [-0.39, 0.29) is 5.65 Å². The standard InChI is InChI=1S/C17H17F3N6O/c1-27-13-8-21-16(22-9-13)25-6-4-24(5-7-25)12-2-3-15-23-14(17(18,19)20)11-26(15)10-12/h2-3,8-11H,4-7H2,1H3. The van der Waals surface area contributed by atoms with Crippen LogP contribution in [-0.4, -0.2) is 52.6 Å². The van der Waals surface area contributed by atoms with Crippen molar-refractivity contribution in [2.24, 2.45) is 0 Å². The van der Waals surface area contributed by atoms with Crippen molar-refractivity contribution in [2.45, 2.75) is 6.18 Å². The first-order chi connectivity index (χ1) is 12.9. The molecular formula is C17H17F3N6O. The molecule has 0 N–H and O–H groups in total. The largest absolute Gasteiger partial charge is 0.494 e. The fourth-order valence-corrected chi connectivity index (χ4v) is 3.05. The molecule has 27 heavy (non-hydrogen) atoms. The second-order valence-corrected chi connectivity index (χ2v) is 6.17. The summed E-state index contributed by atoms with van der Waals surface area (Å²) in [5, 5.41) is 0. The van der Waals surface area contributed by atoms with Gasteiger partial charge in [0.05, 0.1) is 25.2 Å². The summed E-state index contributed by atoms with van der Waals surface area (Å²) >= 11 is 0. The third-order valence-electron chi connectivity index (χ3n) is 4.50. The smallest absolute Gasteiger partial charge is 0.434 e. The van der Waals surface area contributed by atoms with Gasteiger partial charge in [-0.2, -0.15) is 13.2 Å². The van der Waals surface area contributed by atoms with Crippen molar-refractivity contribution in [1.82, 2.24) is 19.4 Å². The van der Waals surface area contributed by atoms with Crippen LogP contribution in [0, 0.1) is 0 Å². The number of hydrogen-bond acceptors (Lipinski definition) is 6.